The summed E-state index contributed by atoms with van der Waals surface area (Å²) >= 11 is 0. The number of alkyl halides is 4. The maximum absolute atomic E-state index is 13.5. The van der Waals surface area contributed by atoms with E-state index in [2.05, 4.69) is 4.74 Å². The van der Waals surface area contributed by atoms with Gasteiger partial charge in [0.05, 0.1) is 0 Å². The van der Waals surface area contributed by atoms with Crippen LogP contribution in [0.4, 0.5) is 17.6 Å². The lowest BCUT2D eigenvalue weighted by atomic mass is 9.92. The standard InChI is InChI=1S/C15H18F4O3/c1-4-12(10(2)16)22-13(20)14(21-3,15(17,18)19)11-8-6-5-7-9-11/h5-10,12H,4H2,1-3H3. The lowest BCUT2D eigenvalue weighted by Crippen LogP contribution is -2.53. The molecular formula is C15H18F4O3. The number of hydrogen-bond acceptors (Lipinski definition) is 3. The van der Waals surface area contributed by atoms with Gasteiger partial charge in [-0.05, 0) is 13.3 Å². The van der Waals surface area contributed by atoms with Gasteiger partial charge in [0.1, 0.15) is 12.3 Å². The van der Waals surface area contributed by atoms with E-state index in [4.69, 9.17) is 4.74 Å². The van der Waals surface area contributed by atoms with Crippen LogP contribution in [0, 0.1) is 0 Å². The number of esters is 1. The summed E-state index contributed by atoms with van der Waals surface area (Å²) in [7, 11) is 0.765. The Balaban J connectivity index is 3.30. The number of carbonyl (C=O) groups is 1. The lowest BCUT2D eigenvalue weighted by molar-refractivity contribution is -0.279. The maximum Gasteiger partial charge on any atom is 0.432 e. The largest absolute Gasteiger partial charge is 0.457 e. The van der Waals surface area contributed by atoms with Gasteiger partial charge in [-0.25, -0.2) is 9.18 Å². The smallest absolute Gasteiger partial charge is 0.432 e. The van der Waals surface area contributed by atoms with Crippen LogP contribution >= 0.6 is 0 Å². The number of methoxy groups -OCH3 is 1. The van der Waals surface area contributed by atoms with Crippen molar-refractivity contribution >= 4 is 5.97 Å². The van der Waals surface area contributed by atoms with Gasteiger partial charge >= 0.3 is 12.1 Å². The van der Waals surface area contributed by atoms with Gasteiger partial charge in [0, 0.05) is 12.7 Å². The van der Waals surface area contributed by atoms with Gasteiger partial charge in [0.2, 0.25) is 0 Å². The molecule has 3 nitrogen and oxygen atoms in total. The van der Waals surface area contributed by atoms with Crippen molar-refractivity contribution in [2.24, 2.45) is 0 Å². The SMILES string of the molecule is CCC(OC(=O)C(OC)(c1ccccc1)C(F)(F)F)C(C)F. The van der Waals surface area contributed by atoms with Crippen molar-refractivity contribution in [2.45, 2.75) is 44.3 Å². The Hall–Kier alpha value is -1.63. The fourth-order valence-corrected chi connectivity index (χ4v) is 2.11. The van der Waals surface area contributed by atoms with Crippen molar-refractivity contribution in [1.29, 1.82) is 0 Å². The molecule has 124 valence electrons. The molecular weight excluding hydrogens is 304 g/mol. The van der Waals surface area contributed by atoms with Gasteiger partial charge in [-0.3, -0.25) is 0 Å². The van der Waals surface area contributed by atoms with Gasteiger partial charge < -0.3 is 9.47 Å². The lowest BCUT2D eigenvalue weighted by Gasteiger charge is -2.33. The molecule has 0 amide bonds. The predicted octanol–water partition coefficient (Wildman–Crippen LogP) is 3.77. The van der Waals surface area contributed by atoms with Crippen LogP contribution in [0.5, 0.6) is 0 Å². The van der Waals surface area contributed by atoms with E-state index in [1.807, 2.05) is 0 Å². The summed E-state index contributed by atoms with van der Waals surface area (Å²) in [6.45, 7) is 2.63. The Morgan fingerprint density at radius 1 is 1.23 bits per heavy atom. The summed E-state index contributed by atoms with van der Waals surface area (Å²) in [6.07, 6.45) is -7.87. The monoisotopic (exact) mass is 322 g/mol. The first-order chi connectivity index (χ1) is 10.2. The topological polar surface area (TPSA) is 35.5 Å². The molecule has 0 N–H and O–H groups in total. The molecule has 0 fully saturated rings. The molecule has 0 spiro atoms. The molecule has 0 aliphatic rings. The highest BCUT2D eigenvalue weighted by Gasteiger charge is 2.64. The highest BCUT2D eigenvalue weighted by atomic mass is 19.4. The molecule has 3 unspecified atom stereocenters. The van der Waals surface area contributed by atoms with Crippen LogP contribution in [0.2, 0.25) is 0 Å². The second-order valence-electron chi connectivity index (χ2n) is 4.78. The van der Waals surface area contributed by atoms with E-state index in [1.54, 1.807) is 0 Å². The molecule has 7 heteroatoms. The van der Waals surface area contributed by atoms with Crippen molar-refractivity contribution in [1.82, 2.24) is 0 Å². The molecule has 0 aliphatic carbocycles. The molecule has 3 atom stereocenters. The molecule has 0 bridgehead atoms. The average Bonchev–Trinajstić information content (AvgIpc) is 2.45. The van der Waals surface area contributed by atoms with Gasteiger partial charge in [-0.2, -0.15) is 13.2 Å². The van der Waals surface area contributed by atoms with Crippen LogP contribution in [-0.4, -0.2) is 31.5 Å². The van der Waals surface area contributed by atoms with Crippen LogP contribution in [0.25, 0.3) is 0 Å². The third-order valence-corrected chi connectivity index (χ3v) is 3.35. The van der Waals surface area contributed by atoms with Crippen LogP contribution in [0.3, 0.4) is 0 Å². The Morgan fingerprint density at radius 3 is 2.14 bits per heavy atom. The van der Waals surface area contributed by atoms with Gasteiger partial charge in [0.15, 0.2) is 0 Å². The molecule has 0 aromatic heterocycles. The first kappa shape index (κ1) is 18.4. The summed E-state index contributed by atoms with van der Waals surface area (Å²) in [5.41, 5.74) is -3.70. The molecule has 1 rings (SSSR count). The molecule has 0 heterocycles. The minimum atomic E-state index is -5.06. The van der Waals surface area contributed by atoms with Crippen molar-refractivity contribution in [2.75, 3.05) is 7.11 Å². The van der Waals surface area contributed by atoms with Gasteiger partial charge in [0.25, 0.3) is 5.60 Å². The Kier molecular flexibility index (Phi) is 5.93. The summed E-state index contributed by atoms with van der Waals surface area (Å²) < 4.78 is 63.3. The number of ether oxygens (including phenoxy) is 2. The molecule has 0 saturated carbocycles. The van der Waals surface area contributed by atoms with Crippen LogP contribution in [0.1, 0.15) is 25.8 Å². The van der Waals surface area contributed by atoms with Gasteiger partial charge in [-0.15, -0.1) is 0 Å². The number of rotatable bonds is 6. The zero-order valence-corrected chi connectivity index (χ0v) is 12.5. The quantitative estimate of drug-likeness (QED) is 0.591. The fraction of sp³-hybridized carbons (Fsp3) is 0.533. The Labute approximate surface area is 126 Å². The van der Waals surface area contributed by atoms with E-state index < -0.39 is 35.6 Å². The minimum Gasteiger partial charge on any atom is -0.457 e. The highest BCUT2D eigenvalue weighted by molar-refractivity contribution is 5.82. The first-order valence-electron chi connectivity index (χ1n) is 6.73. The zero-order valence-electron chi connectivity index (χ0n) is 12.5. The van der Waals surface area contributed by atoms with Crippen molar-refractivity contribution in [3.05, 3.63) is 35.9 Å². The molecule has 0 aliphatic heterocycles. The molecule has 0 radical (unpaired) electrons. The maximum atomic E-state index is 13.5. The second kappa shape index (κ2) is 7.09. The molecule has 1 aromatic rings. The average molecular weight is 322 g/mol. The van der Waals surface area contributed by atoms with Crippen LogP contribution in [0.15, 0.2) is 30.3 Å². The molecule has 1 aromatic carbocycles. The summed E-state index contributed by atoms with van der Waals surface area (Å²) in [6, 6.07) is 6.41. The van der Waals surface area contributed by atoms with Gasteiger partial charge in [-0.1, -0.05) is 37.3 Å². The van der Waals surface area contributed by atoms with E-state index >= 15 is 0 Å². The van der Waals surface area contributed by atoms with E-state index in [0.29, 0.717) is 0 Å². The number of hydrogen-bond donors (Lipinski definition) is 0. The Morgan fingerprint density at radius 2 is 1.77 bits per heavy atom. The van der Waals surface area contributed by atoms with Crippen molar-refractivity contribution < 1.29 is 31.8 Å². The predicted molar refractivity (Wildman–Crippen MR) is 71.9 cm³/mol. The summed E-state index contributed by atoms with van der Waals surface area (Å²) in [5, 5.41) is 0. The highest BCUT2D eigenvalue weighted by Crippen LogP contribution is 2.43. The first-order valence-corrected chi connectivity index (χ1v) is 6.73. The third kappa shape index (κ3) is 3.40. The van der Waals surface area contributed by atoms with Crippen molar-refractivity contribution in [3.8, 4) is 0 Å². The Bertz CT molecular complexity index is 487. The number of carbonyl (C=O) groups excluding carboxylic acids is 1. The van der Waals surface area contributed by atoms with Crippen LogP contribution < -0.4 is 0 Å². The van der Waals surface area contributed by atoms with E-state index in [0.717, 1.165) is 26.2 Å². The molecule has 22 heavy (non-hydrogen) atoms. The minimum absolute atomic E-state index is 0.0514. The fourth-order valence-electron chi connectivity index (χ4n) is 2.11. The summed E-state index contributed by atoms with van der Waals surface area (Å²) in [5.74, 6) is -1.68. The molecule has 0 saturated heterocycles. The summed E-state index contributed by atoms with van der Waals surface area (Å²) in [4.78, 5) is 12.2. The number of benzene rings is 1. The zero-order chi connectivity index (χ0) is 17.0. The third-order valence-electron chi connectivity index (χ3n) is 3.35. The van der Waals surface area contributed by atoms with E-state index in [1.165, 1.54) is 25.1 Å². The van der Waals surface area contributed by atoms with Crippen LogP contribution in [-0.2, 0) is 19.9 Å². The van der Waals surface area contributed by atoms with E-state index in [9.17, 15) is 22.4 Å². The van der Waals surface area contributed by atoms with Crippen molar-refractivity contribution in [3.63, 3.8) is 0 Å². The second-order valence-corrected chi connectivity index (χ2v) is 4.78. The van der Waals surface area contributed by atoms with E-state index in [-0.39, 0.29) is 6.42 Å². The normalized spacial score (nSPS) is 17.4. The number of halogens is 4.